The molecule has 0 fully saturated rings. The Hall–Kier alpha value is -3.13. The summed E-state index contributed by atoms with van der Waals surface area (Å²) in [4.78, 5) is 16.1. The summed E-state index contributed by atoms with van der Waals surface area (Å²) in [5.74, 6) is -0.0516. The molecule has 2 rings (SSSR count). The molecule has 1 aromatic carbocycles. The van der Waals surface area contributed by atoms with Crippen LogP contribution in [-0.4, -0.2) is 16.0 Å². The van der Waals surface area contributed by atoms with Crippen molar-refractivity contribution < 1.29 is 9.90 Å². The summed E-state index contributed by atoms with van der Waals surface area (Å²) < 4.78 is 0. The van der Waals surface area contributed by atoms with Gasteiger partial charge in [0.2, 0.25) is 0 Å². The summed E-state index contributed by atoms with van der Waals surface area (Å²) >= 11 is 0. The zero-order valence-electron chi connectivity index (χ0n) is 11.4. The van der Waals surface area contributed by atoms with E-state index in [0.717, 1.165) is 5.56 Å². The lowest BCUT2D eigenvalue weighted by Crippen LogP contribution is -2.15. The van der Waals surface area contributed by atoms with E-state index >= 15 is 0 Å². The molecule has 0 aliphatic rings. The third kappa shape index (κ3) is 3.67. The highest BCUT2D eigenvalue weighted by Gasteiger charge is 2.11. The molecule has 0 aliphatic carbocycles. The lowest BCUT2D eigenvalue weighted by molar-refractivity contribution is -0.112. The van der Waals surface area contributed by atoms with Crippen LogP contribution in [0.2, 0.25) is 0 Å². The molecule has 21 heavy (non-hydrogen) atoms. The highest BCUT2D eigenvalue weighted by Crippen LogP contribution is 2.15. The van der Waals surface area contributed by atoms with Crippen LogP contribution in [0.25, 0.3) is 6.08 Å². The molecule has 2 N–H and O–H groups in total. The number of anilines is 1. The van der Waals surface area contributed by atoms with Crippen molar-refractivity contribution >= 4 is 17.8 Å². The lowest BCUT2D eigenvalue weighted by atomic mass is 10.1. The zero-order valence-corrected chi connectivity index (χ0v) is 11.4. The van der Waals surface area contributed by atoms with E-state index in [1.54, 1.807) is 24.4 Å². The van der Waals surface area contributed by atoms with Crippen LogP contribution >= 0.6 is 0 Å². The Labute approximate surface area is 122 Å². The first-order chi connectivity index (χ1) is 10.1. The summed E-state index contributed by atoms with van der Waals surface area (Å²) in [5.41, 5.74) is 1.31. The number of nitriles is 1. The smallest absolute Gasteiger partial charge is 0.267 e. The number of aromatic nitrogens is 1. The van der Waals surface area contributed by atoms with Crippen molar-refractivity contribution in [3.05, 3.63) is 59.3 Å². The number of carbonyl (C=O) groups excluding carboxylic acids is 1. The Morgan fingerprint density at radius 1 is 1.38 bits per heavy atom. The molecule has 0 aliphatic heterocycles. The van der Waals surface area contributed by atoms with Crippen LogP contribution in [0.5, 0.6) is 5.75 Å². The molecule has 0 saturated carbocycles. The molecule has 0 saturated heterocycles. The number of benzene rings is 1. The first kappa shape index (κ1) is 14.3. The molecular weight excluding hydrogens is 266 g/mol. The first-order valence-corrected chi connectivity index (χ1v) is 6.24. The topological polar surface area (TPSA) is 86.0 Å². The molecule has 0 radical (unpaired) electrons. The largest absolute Gasteiger partial charge is 0.508 e. The van der Waals surface area contributed by atoms with Gasteiger partial charge in [-0.05, 0) is 42.3 Å². The van der Waals surface area contributed by atoms with Crippen molar-refractivity contribution in [1.82, 2.24) is 4.98 Å². The van der Waals surface area contributed by atoms with E-state index in [-0.39, 0.29) is 11.3 Å². The lowest BCUT2D eigenvalue weighted by Gasteiger charge is -2.06. The van der Waals surface area contributed by atoms with Crippen LogP contribution in [0.3, 0.4) is 0 Å². The maximum absolute atomic E-state index is 12.1. The molecule has 0 atom stereocenters. The molecule has 5 nitrogen and oxygen atoms in total. The zero-order chi connectivity index (χ0) is 15.2. The fourth-order valence-corrected chi connectivity index (χ4v) is 1.72. The molecule has 0 spiro atoms. The molecule has 1 amide bonds. The summed E-state index contributed by atoms with van der Waals surface area (Å²) in [6, 6.07) is 11.7. The summed E-state index contributed by atoms with van der Waals surface area (Å²) in [6.45, 7) is 1.81. The van der Waals surface area contributed by atoms with Gasteiger partial charge in [0.05, 0.1) is 0 Å². The molecule has 5 heteroatoms. The Balaban J connectivity index is 2.24. The number of pyridine rings is 1. The van der Waals surface area contributed by atoms with E-state index in [2.05, 4.69) is 10.3 Å². The van der Waals surface area contributed by atoms with Crippen molar-refractivity contribution in [2.75, 3.05) is 5.32 Å². The van der Waals surface area contributed by atoms with E-state index in [9.17, 15) is 9.90 Å². The van der Waals surface area contributed by atoms with Crippen LogP contribution in [0.1, 0.15) is 11.1 Å². The molecule has 104 valence electrons. The van der Waals surface area contributed by atoms with E-state index < -0.39 is 5.91 Å². The number of amides is 1. The highest BCUT2D eigenvalue weighted by molar-refractivity contribution is 6.09. The maximum atomic E-state index is 12.1. The number of rotatable bonds is 3. The number of nitrogens with one attached hydrogen (secondary N) is 1. The SMILES string of the molecule is Cc1cccnc1NC(=O)/C(C#N)=C/c1cccc(O)c1. The van der Waals surface area contributed by atoms with Crippen LogP contribution < -0.4 is 5.32 Å². The number of phenolic OH excluding ortho intramolecular Hbond substituents is 1. The molecule has 2 aromatic rings. The summed E-state index contributed by atoms with van der Waals surface area (Å²) in [7, 11) is 0. The molecule has 1 heterocycles. The van der Waals surface area contributed by atoms with Gasteiger partial charge >= 0.3 is 0 Å². The van der Waals surface area contributed by atoms with Crippen molar-refractivity contribution in [3.8, 4) is 11.8 Å². The molecule has 0 unspecified atom stereocenters. The van der Waals surface area contributed by atoms with Gasteiger partial charge in [-0.15, -0.1) is 0 Å². The molecule has 1 aromatic heterocycles. The van der Waals surface area contributed by atoms with Gasteiger partial charge in [0.25, 0.3) is 5.91 Å². The molecular formula is C16H13N3O2. The van der Waals surface area contributed by atoms with Gasteiger partial charge in [-0.2, -0.15) is 5.26 Å². The average molecular weight is 279 g/mol. The number of carbonyl (C=O) groups is 1. The summed E-state index contributed by atoms with van der Waals surface area (Å²) in [5, 5.41) is 21.1. The van der Waals surface area contributed by atoms with Gasteiger partial charge in [0.15, 0.2) is 0 Å². The Morgan fingerprint density at radius 3 is 2.86 bits per heavy atom. The van der Waals surface area contributed by atoms with Crippen LogP contribution in [0, 0.1) is 18.3 Å². The third-order valence-electron chi connectivity index (χ3n) is 2.79. The number of aromatic hydroxyl groups is 1. The average Bonchev–Trinajstić information content (AvgIpc) is 2.47. The number of aryl methyl sites for hydroxylation is 1. The fraction of sp³-hybridized carbons (Fsp3) is 0.0625. The number of hydrogen-bond acceptors (Lipinski definition) is 4. The standard InChI is InChI=1S/C16H13N3O2/c1-11-4-3-7-18-15(11)19-16(21)13(10-17)8-12-5-2-6-14(20)9-12/h2-9,20H,1H3,(H,18,19,21)/b13-8+. The van der Waals surface area contributed by atoms with E-state index in [0.29, 0.717) is 11.4 Å². The van der Waals surface area contributed by atoms with Gasteiger partial charge in [0, 0.05) is 6.20 Å². The van der Waals surface area contributed by atoms with Gasteiger partial charge in [-0.3, -0.25) is 4.79 Å². The second kappa shape index (κ2) is 6.35. The van der Waals surface area contributed by atoms with E-state index in [4.69, 9.17) is 5.26 Å². The Morgan fingerprint density at radius 2 is 2.19 bits per heavy atom. The second-order valence-electron chi connectivity index (χ2n) is 4.39. The highest BCUT2D eigenvalue weighted by atomic mass is 16.3. The van der Waals surface area contributed by atoms with Gasteiger partial charge in [-0.1, -0.05) is 18.2 Å². The van der Waals surface area contributed by atoms with Crippen molar-refractivity contribution in [1.29, 1.82) is 5.26 Å². The number of nitrogens with zero attached hydrogens (tertiary/aromatic N) is 2. The quantitative estimate of drug-likeness (QED) is 0.668. The molecule has 0 bridgehead atoms. The maximum Gasteiger partial charge on any atom is 0.267 e. The Kier molecular flexibility index (Phi) is 4.32. The predicted octanol–water partition coefficient (Wildman–Crippen LogP) is 2.64. The normalized spacial score (nSPS) is 10.8. The minimum atomic E-state index is -0.539. The predicted molar refractivity (Wildman–Crippen MR) is 79.3 cm³/mol. The van der Waals surface area contributed by atoms with Crippen LogP contribution in [0.15, 0.2) is 48.2 Å². The Bertz CT molecular complexity index is 745. The minimum absolute atomic E-state index is 0.0642. The fourth-order valence-electron chi connectivity index (χ4n) is 1.72. The summed E-state index contributed by atoms with van der Waals surface area (Å²) in [6.07, 6.45) is 2.97. The van der Waals surface area contributed by atoms with Crippen LogP contribution in [-0.2, 0) is 4.79 Å². The van der Waals surface area contributed by atoms with Gasteiger partial charge < -0.3 is 10.4 Å². The van der Waals surface area contributed by atoms with Crippen LogP contribution in [0.4, 0.5) is 5.82 Å². The van der Waals surface area contributed by atoms with Gasteiger partial charge in [-0.25, -0.2) is 4.98 Å². The minimum Gasteiger partial charge on any atom is -0.508 e. The van der Waals surface area contributed by atoms with E-state index in [1.165, 1.54) is 18.2 Å². The van der Waals surface area contributed by atoms with E-state index in [1.807, 2.05) is 19.1 Å². The first-order valence-electron chi connectivity index (χ1n) is 6.24. The van der Waals surface area contributed by atoms with Gasteiger partial charge in [0.1, 0.15) is 23.2 Å². The monoisotopic (exact) mass is 279 g/mol. The van der Waals surface area contributed by atoms with Crippen molar-refractivity contribution in [3.63, 3.8) is 0 Å². The second-order valence-corrected chi connectivity index (χ2v) is 4.39. The van der Waals surface area contributed by atoms with Crippen molar-refractivity contribution in [2.45, 2.75) is 6.92 Å². The number of phenols is 1. The third-order valence-corrected chi connectivity index (χ3v) is 2.79. The number of hydrogen-bond donors (Lipinski definition) is 2. The van der Waals surface area contributed by atoms with Crippen molar-refractivity contribution in [2.24, 2.45) is 0 Å².